The molecule has 2 bridgehead atoms. The lowest BCUT2D eigenvalue weighted by atomic mass is 9.49. The van der Waals surface area contributed by atoms with Crippen molar-refractivity contribution in [2.75, 3.05) is 6.61 Å². The van der Waals surface area contributed by atoms with Gasteiger partial charge >= 0.3 is 17.9 Å². The van der Waals surface area contributed by atoms with E-state index in [-0.39, 0.29) is 18.4 Å². The van der Waals surface area contributed by atoms with Crippen LogP contribution < -0.4 is 0 Å². The minimum Gasteiger partial charge on any atom is -0.465 e. The maximum atomic E-state index is 13.2. The van der Waals surface area contributed by atoms with Crippen molar-refractivity contribution in [1.82, 2.24) is 0 Å². The minimum absolute atomic E-state index is 0.0615. The first-order valence-corrected chi connectivity index (χ1v) is 11.9. The smallest absolute Gasteiger partial charge is 0.338 e. The third kappa shape index (κ3) is 3.81. The predicted octanol–water partition coefficient (Wildman–Crippen LogP) is 3.05. The topological polar surface area (TPSA) is 108 Å². The van der Waals surface area contributed by atoms with Crippen LogP contribution >= 0.6 is 0 Å². The molecule has 1 aromatic rings. The molecule has 1 aliphatic heterocycles. The number of carbonyl (C=O) groups excluding carboxylic acids is 3. The van der Waals surface area contributed by atoms with Gasteiger partial charge < -0.3 is 24.1 Å². The van der Waals surface area contributed by atoms with Crippen molar-refractivity contribution >= 4 is 17.9 Å². The standard InChI is InChI=1S/C26H34O8/c1-15-11-20(32-17(3)28)22(29)25(14-31-16(2)27)21(33-23(30)18-9-7-6-8-10-18)12-19-13-26(15,25)34-24(19,4)5/h6-10,15,19-22,29H,11-14H2,1-5H3/t15-,19-,20+,21+,22+,25-,26+/m0/s1. The Morgan fingerprint density at radius 2 is 1.74 bits per heavy atom. The van der Waals surface area contributed by atoms with Crippen LogP contribution in [0.25, 0.3) is 0 Å². The van der Waals surface area contributed by atoms with E-state index in [9.17, 15) is 19.5 Å². The van der Waals surface area contributed by atoms with E-state index in [1.807, 2.05) is 20.8 Å². The lowest BCUT2D eigenvalue weighted by Crippen LogP contribution is -2.74. The van der Waals surface area contributed by atoms with E-state index < -0.39 is 52.8 Å². The van der Waals surface area contributed by atoms with Crippen molar-refractivity contribution in [2.24, 2.45) is 17.3 Å². The van der Waals surface area contributed by atoms with Crippen LogP contribution in [0.5, 0.6) is 0 Å². The summed E-state index contributed by atoms with van der Waals surface area (Å²) >= 11 is 0. The summed E-state index contributed by atoms with van der Waals surface area (Å²) in [5.74, 6) is -1.68. The van der Waals surface area contributed by atoms with Crippen LogP contribution in [-0.4, -0.2) is 59.1 Å². The van der Waals surface area contributed by atoms with Gasteiger partial charge in [-0.25, -0.2) is 4.79 Å². The van der Waals surface area contributed by atoms with E-state index in [4.69, 9.17) is 18.9 Å². The van der Waals surface area contributed by atoms with Crippen molar-refractivity contribution in [2.45, 2.75) is 83.4 Å². The number of benzene rings is 1. The highest BCUT2D eigenvalue weighted by molar-refractivity contribution is 5.89. The van der Waals surface area contributed by atoms with Gasteiger partial charge in [0.25, 0.3) is 0 Å². The van der Waals surface area contributed by atoms with Gasteiger partial charge in [0.05, 0.1) is 16.8 Å². The van der Waals surface area contributed by atoms with Gasteiger partial charge in [0.1, 0.15) is 30.3 Å². The maximum absolute atomic E-state index is 13.2. The summed E-state index contributed by atoms with van der Waals surface area (Å²) in [5, 5.41) is 11.8. The van der Waals surface area contributed by atoms with Crippen molar-refractivity contribution in [1.29, 1.82) is 0 Å². The molecule has 1 saturated heterocycles. The van der Waals surface area contributed by atoms with E-state index >= 15 is 0 Å². The van der Waals surface area contributed by atoms with Crippen LogP contribution in [0.15, 0.2) is 30.3 Å². The van der Waals surface area contributed by atoms with Crippen LogP contribution in [0.3, 0.4) is 0 Å². The van der Waals surface area contributed by atoms with Crippen LogP contribution in [0.2, 0.25) is 0 Å². The first kappa shape index (κ1) is 24.7. The first-order chi connectivity index (χ1) is 15.9. The molecule has 8 nitrogen and oxygen atoms in total. The minimum atomic E-state index is -1.31. The molecule has 3 aliphatic rings. The number of carbonyl (C=O) groups is 3. The van der Waals surface area contributed by atoms with Crippen LogP contribution in [0.1, 0.15) is 64.2 Å². The van der Waals surface area contributed by atoms with Crippen molar-refractivity contribution in [3.05, 3.63) is 35.9 Å². The molecule has 3 fully saturated rings. The second-order valence-corrected chi connectivity index (χ2v) is 10.5. The third-order valence-electron chi connectivity index (χ3n) is 8.19. The average molecular weight is 475 g/mol. The quantitative estimate of drug-likeness (QED) is 0.512. The molecule has 1 aromatic carbocycles. The van der Waals surface area contributed by atoms with E-state index in [0.717, 1.165) is 0 Å². The zero-order valence-corrected chi connectivity index (χ0v) is 20.4. The molecule has 2 aliphatic carbocycles. The molecule has 2 saturated carbocycles. The first-order valence-electron chi connectivity index (χ1n) is 11.9. The largest absolute Gasteiger partial charge is 0.465 e. The Bertz CT molecular complexity index is 959. The second-order valence-electron chi connectivity index (χ2n) is 10.5. The zero-order valence-electron chi connectivity index (χ0n) is 20.4. The molecule has 0 radical (unpaired) electrons. The number of hydrogen-bond acceptors (Lipinski definition) is 8. The summed E-state index contributed by atoms with van der Waals surface area (Å²) in [6.45, 7) is 8.36. The second kappa shape index (κ2) is 8.64. The highest BCUT2D eigenvalue weighted by Gasteiger charge is 2.76. The van der Waals surface area contributed by atoms with Gasteiger partial charge in [-0.15, -0.1) is 0 Å². The number of ether oxygens (including phenoxy) is 4. The third-order valence-corrected chi connectivity index (χ3v) is 8.19. The average Bonchev–Trinajstić information content (AvgIpc) is 2.99. The maximum Gasteiger partial charge on any atom is 0.338 e. The van der Waals surface area contributed by atoms with Crippen LogP contribution in [-0.2, 0) is 28.5 Å². The lowest BCUT2D eigenvalue weighted by molar-refractivity contribution is -0.295. The molecule has 0 unspecified atom stereocenters. The molecule has 0 aromatic heterocycles. The Morgan fingerprint density at radius 1 is 1.06 bits per heavy atom. The summed E-state index contributed by atoms with van der Waals surface area (Å²) in [7, 11) is 0. The van der Waals surface area contributed by atoms with E-state index in [0.29, 0.717) is 24.8 Å². The van der Waals surface area contributed by atoms with Crippen molar-refractivity contribution in [3.63, 3.8) is 0 Å². The van der Waals surface area contributed by atoms with Crippen LogP contribution in [0, 0.1) is 17.3 Å². The van der Waals surface area contributed by atoms with Gasteiger partial charge in [0.2, 0.25) is 0 Å². The normalized spacial score (nSPS) is 37.9. The molecule has 1 N–H and O–H groups in total. The Hall–Kier alpha value is -2.45. The van der Waals surface area contributed by atoms with Gasteiger partial charge in [-0.1, -0.05) is 25.1 Å². The molecule has 0 amide bonds. The van der Waals surface area contributed by atoms with Gasteiger partial charge in [-0.2, -0.15) is 0 Å². The molecule has 1 heterocycles. The fourth-order valence-corrected chi connectivity index (χ4v) is 6.57. The highest BCUT2D eigenvalue weighted by Crippen LogP contribution is 2.66. The molecule has 8 heteroatoms. The molecular formula is C26H34O8. The van der Waals surface area contributed by atoms with Gasteiger partial charge in [0.15, 0.2) is 0 Å². The van der Waals surface area contributed by atoms with Gasteiger partial charge in [-0.05, 0) is 57.1 Å². The lowest BCUT2D eigenvalue weighted by Gasteiger charge is -2.61. The summed E-state index contributed by atoms with van der Waals surface area (Å²) in [6.07, 6.45) is -1.52. The number of hydrogen-bond donors (Lipinski definition) is 1. The Labute approximate surface area is 199 Å². The summed E-state index contributed by atoms with van der Waals surface area (Å²) in [4.78, 5) is 37.0. The number of aliphatic hydroxyl groups is 1. The van der Waals surface area contributed by atoms with E-state index in [1.165, 1.54) is 13.8 Å². The fraction of sp³-hybridized carbons (Fsp3) is 0.654. The number of fused-ring (bicyclic) bond motifs is 1. The fourth-order valence-electron chi connectivity index (χ4n) is 6.57. The van der Waals surface area contributed by atoms with Gasteiger partial charge in [0, 0.05) is 13.8 Å². The predicted molar refractivity (Wildman–Crippen MR) is 121 cm³/mol. The summed E-state index contributed by atoms with van der Waals surface area (Å²) in [5.41, 5.74) is -2.41. The van der Waals surface area contributed by atoms with E-state index in [1.54, 1.807) is 30.3 Å². The Morgan fingerprint density at radius 3 is 2.35 bits per heavy atom. The number of aliphatic hydroxyl groups excluding tert-OH is 1. The SMILES string of the molecule is CC(=O)OC[C@]12[C@H](O)[C@H](OC(C)=O)C[C@H](C)[C@]13C[C@H](C[C@H]2OC(=O)c1ccccc1)C(C)(C)O3. The van der Waals surface area contributed by atoms with Crippen LogP contribution in [0.4, 0.5) is 0 Å². The van der Waals surface area contributed by atoms with E-state index in [2.05, 4.69) is 0 Å². The van der Waals surface area contributed by atoms with Gasteiger partial charge in [-0.3, -0.25) is 9.59 Å². The summed E-state index contributed by atoms with van der Waals surface area (Å²) in [6, 6.07) is 8.63. The van der Waals surface area contributed by atoms with Crippen molar-refractivity contribution < 1.29 is 38.4 Å². The molecular weight excluding hydrogens is 440 g/mol. The number of esters is 3. The zero-order chi connectivity index (χ0) is 24.9. The molecule has 4 rings (SSSR count). The summed E-state index contributed by atoms with van der Waals surface area (Å²) < 4.78 is 23.9. The Balaban J connectivity index is 1.83. The molecule has 7 atom stereocenters. The Kier molecular flexibility index (Phi) is 6.27. The number of rotatable bonds is 5. The van der Waals surface area contributed by atoms with Crippen molar-refractivity contribution in [3.8, 4) is 0 Å². The monoisotopic (exact) mass is 474 g/mol. The highest BCUT2D eigenvalue weighted by atomic mass is 16.6. The molecule has 34 heavy (non-hydrogen) atoms. The molecule has 186 valence electrons. The molecule has 1 spiro atoms.